The van der Waals surface area contributed by atoms with Gasteiger partial charge in [-0.3, -0.25) is 4.99 Å². The van der Waals surface area contributed by atoms with Gasteiger partial charge in [0, 0.05) is 20.1 Å². The maximum atomic E-state index is 4.27. The lowest BCUT2D eigenvalue weighted by molar-refractivity contribution is 0.684. The molecule has 0 amide bonds. The number of hydrogen-bond acceptors (Lipinski definition) is 1. The normalized spacial score (nSPS) is 14.5. The molecule has 118 valence electrons. The predicted octanol–water partition coefficient (Wildman–Crippen LogP) is 3.43. The third kappa shape index (κ3) is 7.16. The monoisotopic (exact) mass is 401 g/mol. The Morgan fingerprint density at radius 3 is 2.29 bits per heavy atom. The Kier molecular flexibility index (Phi) is 8.07. The van der Waals surface area contributed by atoms with Gasteiger partial charge in [0.1, 0.15) is 0 Å². The third-order valence-electron chi connectivity index (χ3n) is 3.75. The van der Waals surface area contributed by atoms with Crippen LogP contribution in [0, 0.1) is 19.8 Å². The topological polar surface area (TPSA) is 36.4 Å². The van der Waals surface area contributed by atoms with E-state index < -0.39 is 0 Å². The summed E-state index contributed by atoms with van der Waals surface area (Å²) in [5.74, 6) is 1.89. The molecule has 4 heteroatoms. The largest absolute Gasteiger partial charge is 0.356 e. The first kappa shape index (κ1) is 18.3. The van der Waals surface area contributed by atoms with Crippen LogP contribution in [-0.2, 0) is 6.42 Å². The SMILES string of the molecule is CN=C(NCCc1cc(C)cc(C)c1)NCCC1CC1.I. The van der Waals surface area contributed by atoms with E-state index in [1.807, 2.05) is 7.05 Å². The zero-order valence-corrected chi connectivity index (χ0v) is 15.7. The molecule has 0 saturated heterocycles. The molecule has 0 spiro atoms. The van der Waals surface area contributed by atoms with E-state index in [0.29, 0.717) is 0 Å². The highest BCUT2D eigenvalue weighted by atomic mass is 127. The first-order valence-electron chi connectivity index (χ1n) is 7.69. The molecule has 0 atom stereocenters. The first-order valence-corrected chi connectivity index (χ1v) is 7.69. The van der Waals surface area contributed by atoms with Crippen molar-refractivity contribution in [3.8, 4) is 0 Å². The van der Waals surface area contributed by atoms with Crippen LogP contribution in [0.3, 0.4) is 0 Å². The van der Waals surface area contributed by atoms with Gasteiger partial charge in [-0.25, -0.2) is 0 Å². The van der Waals surface area contributed by atoms with Crippen LogP contribution >= 0.6 is 24.0 Å². The number of aryl methyl sites for hydroxylation is 2. The number of aliphatic imine (C=N–C) groups is 1. The molecule has 0 radical (unpaired) electrons. The summed E-state index contributed by atoms with van der Waals surface area (Å²) in [6.07, 6.45) is 5.14. The van der Waals surface area contributed by atoms with Gasteiger partial charge in [0.05, 0.1) is 0 Å². The van der Waals surface area contributed by atoms with Gasteiger partial charge < -0.3 is 10.6 Å². The van der Waals surface area contributed by atoms with E-state index in [1.54, 1.807) is 0 Å². The van der Waals surface area contributed by atoms with Crippen molar-refractivity contribution in [3.05, 3.63) is 34.9 Å². The van der Waals surface area contributed by atoms with Crippen molar-refractivity contribution in [2.45, 2.75) is 39.5 Å². The van der Waals surface area contributed by atoms with Crippen LogP contribution in [0.2, 0.25) is 0 Å². The van der Waals surface area contributed by atoms with Gasteiger partial charge >= 0.3 is 0 Å². The van der Waals surface area contributed by atoms with Crippen LogP contribution < -0.4 is 10.6 Å². The molecule has 0 aliphatic heterocycles. The molecule has 0 aromatic heterocycles. The Morgan fingerprint density at radius 1 is 1.10 bits per heavy atom. The summed E-state index contributed by atoms with van der Waals surface area (Å²) in [5.41, 5.74) is 4.07. The third-order valence-corrected chi connectivity index (χ3v) is 3.75. The first-order chi connectivity index (χ1) is 9.67. The van der Waals surface area contributed by atoms with Crippen molar-refractivity contribution in [1.82, 2.24) is 10.6 Å². The van der Waals surface area contributed by atoms with Crippen molar-refractivity contribution >= 4 is 29.9 Å². The van der Waals surface area contributed by atoms with E-state index in [4.69, 9.17) is 0 Å². The number of rotatable bonds is 6. The summed E-state index contributed by atoms with van der Waals surface area (Å²) in [7, 11) is 1.84. The lowest BCUT2D eigenvalue weighted by atomic mass is 10.1. The highest BCUT2D eigenvalue weighted by Gasteiger charge is 2.20. The summed E-state index contributed by atoms with van der Waals surface area (Å²) in [6, 6.07) is 6.74. The van der Waals surface area contributed by atoms with E-state index in [2.05, 4.69) is 47.7 Å². The summed E-state index contributed by atoms with van der Waals surface area (Å²) in [6.45, 7) is 6.27. The standard InChI is InChI=1S/C17H27N3.HI/c1-13-10-14(2)12-16(11-13)7-9-20-17(18-3)19-8-6-15-4-5-15;/h10-12,15H,4-9H2,1-3H3,(H2,18,19,20);1H. The molecule has 1 aromatic rings. The van der Waals surface area contributed by atoms with Crippen molar-refractivity contribution in [2.24, 2.45) is 10.9 Å². The number of guanidine groups is 1. The highest BCUT2D eigenvalue weighted by Crippen LogP contribution is 2.31. The molecular weight excluding hydrogens is 373 g/mol. The lowest BCUT2D eigenvalue weighted by Gasteiger charge is -2.12. The van der Waals surface area contributed by atoms with Crippen LogP contribution in [0.5, 0.6) is 0 Å². The van der Waals surface area contributed by atoms with Gasteiger partial charge in [-0.15, -0.1) is 24.0 Å². The molecule has 1 aliphatic carbocycles. The van der Waals surface area contributed by atoms with E-state index in [9.17, 15) is 0 Å². The molecule has 21 heavy (non-hydrogen) atoms. The Hall–Kier alpha value is -0.780. The molecule has 2 N–H and O–H groups in total. The van der Waals surface area contributed by atoms with Crippen molar-refractivity contribution in [2.75, 3.05) is 20.1 Å². The fraction of sp³-hybridized carbons (Fsp3) is 0.588. The Morgan fingerprint density at radius 2 is 1.71 bits per heavy atom. The Balaban J connectivity index is 0.00000220. The quantitative estimate of drug-likeness (QED) is 0.435. The van der Waals surface area contributed by atoms with E-state index >= 15 is 0 Å². The number of benzene rings is 1. The lowest BCUT2D eigenvalue weighted by Crippen LogP contribution is -2.38. The minimum absolute atomic E-state index is 0. The molecule has 0 bridgehead atoms. The highest BCUT2D eigenvalue weighted by molar-refractivity contribution is 14.0. The number of nitrogens with zero attached hydrogens (tertiary/aromatic N) is 1. The van der Waals surface area contributed by atoms with Gasteiger partial charge in [-0.2, -0.15) is 0 Å². The fourth-order valence-electron chi connectivity index (χ4n) is 2.56. The van der Waals surface area contributed by atoms with E-state index in [-0.39, 0.29) is 24.0 Å². The molecule has 1 saturated carbocycles. The van der Waals surface area contributed by atoms with Crippen molar-refractivity contribution in [3.63, 3.8) is 0 Å². The maximum Gasteiger partial charge on any atom is 0.190 e. The molecule has 1 fully saturated rings. The molecule has 1 aliphatic rings. The molecular formula is C17H28IN3. The van der Waals surface area contributed by atoms with Crippen LogP contribution in [0.15, 0.2) is 23.2 Å². The number of hydrogen-bond donors (Lipinski definition) is 2. The second-order valence-corrected chi connectivity index (χ2v) is 5.90. The van der Waals surface area contributed by atoms with Crippen LogP contribution in [0.1, 0.15) is 36.0 Å². The molecule has 2 rings (SSSR count). The summed E-state index contributed by atoms with van der Waals surface area (Å²) >= 11 is 0. The van der Waals surface area contributed by atoms with Crippen LogP contribution in [-0.4, -0.2) is 26.1 Å². The molecule has 0 unspecified atom stereocenters. The minimum Gasteiger partial charge on any atom is -0.356 e. The summed E-state index contributed by atoms with van der Waals surface area (Å²) in [4.78, 5) is 4.27. The molecule has 0 heterocycles. The number of halogens is 1. The van der Waals surface area contributed by atoms with Gasteiger partial charge in [-0.1, -0.05) is 42.2 Å². The Bertz CT molecular complexity index is 447. The average Bonchev–Trinajstić information content (AvgIpc) is 3.20. The fourth-order valence-corrected chi connectivity index (χ4v) is 2.56. The summed E-state index contributed by atoms with van der Waals surface area (Å²) < 4.78 is 0. The number of nitrogens with one attached hydrogen (secondary N) is 2. The van der Waals surface area contributed by atoms with Crippen LogP contribution in [0.4, 0.5) is 0 Å². The zero-order valence-electron chi connectivity index (χ0n) is 13.4. The smallest absolute Gasteiger partial charge is 0.190 e. The van der Waals surface area contributed by atoms with E-state index in [1.165, 1.54) is 36.0 Å². The van der Waals surface area contributed by atoms with Crippen LogP contribution in [0.25, 0.3) is 0 Å². The summed E-state index contributed by atoms with van der Waals surface area (Å²) in [5, 5.41) is 6.78. The van der Waals surface area contributed by atoms with Crippen molar-refractivity contribution < 1.29 is 0 Å². The molecule has 3 nitrogen and oxygen atoms in total. The average molecular weight is 401 g/mol. The van der Waals surface area contributed by atoms with Gasteiger partial charge in [0.25, 0.3) is 0 Å². The second-order valence-electron chi connectivity index (χ2n) is 5.90. The van der Waals surface area contributed by atoms with Gasteiger partial charge in [0.15, 0.2) is 5.96 Å². The van der Waals surface area contributed by atoms with Gasteiger partial charge in [-0.05, 0) is 38.2 Å². The van der Waals surface area contributed by atoms with Crippen molar-refractivity contribution in [1.29, 1.82) is 0 Å². The zero-order chi connectivity index (χ0) is 14.4. The molecule has 1 aromatic carbocycles. The minimum atomic E-state index is 0. The second kappa shape index (κ2) is 9.28. The Labute approximate surface area is 146 Å². The predicted molar refractivity (Wildman–Crippen MR) is 102 cm³/mol. The van der Waals surface area contributed by atoms with E-state index in [0.717, 1.165) is 31.4 Å². The maximum absolute atomic E-state index is 4.27. The van der Waals surface area contributed by atoms with Gasteiger partial charge in [0.2, 0.25) is 0 Å².